The van der Waals surface area contributed by atoms with E-state index in [9.17, 15) is 9.90 Å². The van der Waals surface area contributed by atoms with Crippen LogP contribution in [0.5, 0.6) is 11.5 Å². The van der Waals surface area contributed by atoms with E-state index in [0.29, 0.717) is 23.9 Å². The Morgan fingerprint density at radius 3 is 2.81 bits per heavy atom. The van der Waals surface area contributed by atoms with Crippen LogP contribution < -0.4 is 4.74 Å². The summed E-state index contributed by atoms with van der Waals surface area (Å²) >= 11 is 1.63. The topological polar surface area (TPSA) is 49.8 Å². The van der Waals surface area contributed by atoms with E-state index in [0.717, 1.165) is 18.4 Å². The van der Waals surface area contributed by atoms with E-state index in [1.165, 1.54) is 13.2 Å². The van der Waals surface area contributed by atoms with Crippen molar-refractivity contribution in [1.82, 2.24) is 4.90 Å². The molecule has 0 atom stereocenters. The molecule has 1 heterocycles. The maximum absolute atomic E-state index is 12.7. The number of phenols is 1. The number of methoxy groups -OCH3 is 1. The van der Waals surface area contributed by atoms with Gasteiger partial charge in [-0.3, -0.25) is 4.79 Å². The second-order valence-electron chi connectivity index (χ2n) is 5.18. The summed E-state index contributed by atoms with van der Waals surface area (Å²) in [5.74, 6) is 0.332. The minimum atomic E-state index is -0.0401. The van der Waals surface area contributed by atoms with Crippen LogP contribution in [-0.4, -0.2) is 29.1 Å². The van der Waals surface area contributed by atoms with E-state index in [-0.39, 0.29) is 11.7 Å². The number of amides is 1. The van der Waals surface area contributed by atoms with Crippen molar-refractivity contribution in [2.75, 3.05) is 7.11 Å². The van der Waals surface area contributed by atoms with Crippen LogP contribution in [-0.2, 0) is 6.54 Å². The van der Waals surface area contributed by atoms with Crippen molar-refractivity contribution in [3.8, 4) is 11.5 Å². The zero-order valence-corrected chi connectivity index (χ0v) is 12.6. The highest BCUT2D eigenvalue weighted by atomic mass is 32.1. The molecule has 0 bridgehead atoms. The first-order valence-corrected chi connectivity index (χ1v) is 7.82. The third-order valence-corrected chi connectivity index (χ3v) is 4.34. The molecule has 110 valence electrons. The van der Waals surface area contributed by atoms with Crippen LogP contribution in [0.25, 0.3) is 0 Å². The number of aromatic hydroxyl groups is 1. The van der Waals surface area contributed by atoms with Gasteiger partial charge in [0.25, 0.3) is 5.91 Å². The lowest BCUT2D eigenvalue weighted by atomic mass is 10.1. The van der Waals surface area contributed by atoms with Crippen molar-refractivity contribution < 1.29 is 14.6 Å². The molecule has 0 radical (unpaired) electrons. The molecule has 21 heavy (non-hydrogen) atoms. The Kier molecular flexibility index (Phi) is 3.84. The van der Waals surface area contributed by atoms with Crippen LogP contribution in [0, 0.1) is 0 Å². The third kappa shape index (κ3) is 3.03. The fourth-order valence-electron chi connectivity index (χ4n) is 2.32. The molecule has 4 nitrogen and oxygen atoms in total. The zero-order valence-electron chi connectivity index (χ0n) is 11.8. The second kappa shape index (κ2) is 5.77. The molecular formula is C16H17NO3S. The maximum Gasteiger partial charge on any atom is 0.254 e. The summed E-state index contributed by atoms with van der Waals surface area (Å²) in [7, 11) is 1.49. The smallest absolute Gasteiger partial charge is 0.254 e. The molecule has 1 fully saturated rings. The molecule has 1 saturated carbocycles. The molecule has 1 aliphatic carbocycles. The predicted molar refractivity (Wildman–Crippen MR) is 81.9 cm³/mol. The number of ether oxygens (including phenoxy) is 1. The second-order valence-corrected chi connectivity index (χ2v) is 5.96. The van der Waals surface area contributed by atoms with Gasteiger partial charge in [-0.2, -0.15) is 11.3 Å². The van der Waals surface area contributed by atoms with Crippen molar-refractivity contribution in [1.29, 1.82) is 0 Å². The van der Waals surface area contributed by atoms with Crippen LogP contribution >= 0.6 is 11.3 Å². The molecule has 3 rings (SSSR count). The number of rotatable bonds is 5. The van der Waals surface area contributed by atoms with Crippen molar-refractivity contribution in [3.05, 3.63) is 46.2 Å². The zero-order chi connectivity index (χ0) is 14.8. The van der Waals surface area contributed by atoms with Gasteiger partial charge in [0.05, 0.1) is 7.11 Å². The van der Waals surface area contributed by atoms with Crippen LogP contribution in [0.1, 0.15) is 28.8 Å². The number of nitrogens with zero attached hydrogens (tertiary/aromatic N) is 1. The molecule has 0 spiro atoms. The number of benzene rings is 1. The van der Waals surface area contributed by atoms with E-state index in [1.807, 2.05) is 16.3 Å². The van der Waals surface area contributed by atoms with Crippen molar-refractivity contribution in [2.45, 2.75) is 25.4 Å². The van der Waals surface area contributed by atoms with E-state index >= 15 is 0 Å². The molecule has 0 saturated heterocycles. The Bertz CT molecular complexity index is 635. The summed E-state index contributed by atoms with van der Waals surface area (Å²) in [6, 6.07) is 7.16. The number of phenolic OH excluding ortho intramolecular Hbond substituents is 1. The monoisotopic (exact) mass is 303 g/mol. The average Bonchev–Trinajstić information content (AvgIpc) is 3.20. The van der Waals surface area contributed by atoms with Gasteiger partial charge in [-0.15, -0.1) is 0 Å². The van der Waals surface area contributed by atoms with Gasteiger partial charge in [0.1, 0.15) is 0 Å². The highest BCUT2D eigenvalue weighted by Crippen LogP contribution is 2.32. The predicted octanol–water partition coefficient (Wildman–Crippen LogP) is 3.27. The van der Waals surface area contributed by atoms with Gasteiger partial charge < -0.3 is 14.7 Å². The Labute approximate surface area is 127 Å². The summed E-state index contributed by atoms with van der Waals surface area (Å²) in [5.41, 5.74) is 1.65. The number of carbonyl (C=O) groups excluding carboxylic acids is 1. The minimum absolute atomic E-state index is 0.00497. The Morgan fingerprint density at radius 2 is 2.24 bits per heavy atom. The summed E-state index contributed by atoms with van der Waals surface area (Å²) < 4.78 is 5.01. The summed E-state index contributed by atoms with van der Waals surface area (Å²) in [6.07, 6.45) is 2.11. The third-order valence-electron chi connectivity index (χ3n) is 3.61. The summed E-state index contributed by atoms with van der Waals surface area (Å²) in [4.78, 5) is 14.6. The van der Waals surface area contributed by atoms with Crippen molar-refractivity contribution >= 4 is 17.2 Å². The average molecular weight is 303 g/mol. The number of carbonyl (C=O) groups is 1. The lowest BCUT2D eigenvalue weighted by Gasteiger charge is -2.22. The van der Waals surface area contributed by atoms with Gasteiger partial charge in [0, 0.05) is 18.2 Å². The van der Waals surface area contributed by atoms with Crippen molar-refractivity contribution in [2.24, 2.45) is 0 Å². The van der Waals surface area contributed by atoms with Crippen LogP contribution in [0.2, 0.25) is 0 Å². The molecule has 1 aliphatic rings. The minimum Gasteiger partial charge on any atom is -0.504 e. The highest BCUT2D eigenvalue weighted by Gasteiger charge is 2.33. The summed E-state index contributed by atoms with van der Waals surface area (Å²) in [6.45, 7) is 0.625. The van der Waals surface area contributed by atoms with Crippen molar-refractivity contribution in [3.63, 3.8) is 0 Å². The van der Waals surface area contributed by atoms with Gasteiger partial charge in [-0.05, 0) is 53.4 Å². The molecule has 0 aliphatic heterocycles. The molecule has 1 N–H and O–H groups in total. The first-order valence-electron chi connectivity index (χ1n) is 6.88. The van der Waals surface area contributed by atoms with E-state index in [1.54, 1.807) is 23.5 Å². The number of hydrogen-bond donors (Lipinski definition) is 1. The fourth-order valence-corrected chi connectivity index (χ4v) is 2.98. The normalized spacial score (nSPS) is 14.0. The van der Waals surface area contributed by atoms with Crippen LogP contribution in [0.4, 0.5) is 0 Å². The van der Waals surface area contributed by atoms with Gasteiger partial charge in [0.15, 0.2) is 11.5 Å². The Balaban J connectivity index is 1.82. The molecule has 1 amide bonds. The highest BCUT2D eigenvalue weighted by molar-refractivity contribution is 7.07. The SMILES string of the molecule is COc1ccc(C(=O)N(Cc2ccsc2)C2CC2)cc1O. The van der Waals surface area contributed by atoms with E-state index < -0.39 is 0 Å². The molecule has 1 aromatic carbocycles. The van der Waals surface area contributed by atoms with Crippen LogP contribution in [0.15, 0.2) is 35.0 Å². The molecule has 2 aromatic rings. The Morgan fingerprint density at radius 1 is 1.43 bits per heavy atom. The molecule has 0 unspecified atom stereocenters. The molecule has 5 heteroatoms. The summed E-state index contributed by atoms with van der Waals surface area (Å²) in [5, 5.41) is 13.9. The largest absolute Gasteiger partial charge is 0.504 e. The quantitative estimate of drug-likeness (QED) is 0.922. The van der Waals surface area contributed by atoms with Gasteiger partial charge >= 0.3 is 0 Å². The van der Waals surface area contributed by atoms with E-state index in [2.05, 4.69) is 5.38 Å². The lowest BCUT2D eigenvalue weighted by molar-refractivity contribution is 0.0729. The molecular weight excluding hydrogens is 286 g/mol. The number of hydrogen-bond acceptors (Lipinski definition) is 4. The maximum atomic E-state index is 12.7. The standard InChI is InChI=1S/C16H17NO3S/c1-20-15-5-2-12(8-14(15)18)16(19)17(13-3-4-13)9-11-6-7-21-10-11/h2,5-8,10,13,18H,3-4,9H2,1H3. The molecule has 1 aromatic heterocycles. The number of thiophene rings is 1. The van der Waals surface area contributed by atoms with Crippen LogP contribution in [0.3, 0.4) is 0 Å². The Hall–Kier alpha value is -2.01. The van der Waals surface area contributed by atoms with Gasteiger partial charge in [0.2, 0.25) is 0 Å². The van der Waals surface area contributed by atoms with E-state index in [4.69, 9.17) is 4.74 Å². The first-order chi connectivity index (χ1) is 10.2. The first kappa shape index (κ1) is 13.9. The fraction of sp³-hybridized carbons (Fsp3) is 0.312. The van der Waals surface area contributed by atoms with Gasteiger partial charge in [-0.1, -0.05) is 0 Å². The lowest BCUT2D eigenvalue weighted by Crippen LogP contribution is -2.32. The van der Waals surface area contributed by atoms with Gasteiger partial charge in [-0.25, -0.2) is 0 Å².